The Morgan fingerprint density at radius 3 is 2.45 bits per heavy atom. The largest absolute Gasteiger partial charge is 0.496 e. The van der Waals surface area contributed by atoms with Crippen molar-refractivity contribution < 1.29 is 4.74 Å². The molecule has 1 aliphatic rings. The van der Waals surface area contributed by atoms with Gasteiger partial charge in [-0.25, -0.2) is 0 Å². The second-order valence-electron chi connectivity index (χ2n) is 6.28. The molecule has 0 amide bonds. The van der Waals surface area contributed by atoms with E-state index in [1.165, 1.54) is 24.8 Å². The van der Waals surface area contributed by atoms with Gasteiger partial charge in [0.1, 0.15) is 5.75 Å². The Labute approximate surface area is 123 Å². The molecule has 20 heavy (non-hydrogen) atoms. The van der Waals surface area contributed by atoms with Crippen LogP contribution in [0, 0.1) is 11.8 Å². The molecule has 3 unspecified atom stereocenters. The summed E-state index contributed by atoms with van der Waals surface area (Å²) in [4.78, 5) is 0. The van der Waals surface area contributed by atoms with Gasteiger partial charge in [-0.1, -0.05) is 45.4 Å². The zero-order valence-electron chi connectivity index (χ0n) is 13.4. The highest BCUT2D eigenvalue weighted by Crippen LogP contribution is 2.33. The SMILES string of the molecule is CCC(NC1C(C)CCCC1C)c1ccccc1OC. The normalized spacial score (nSPS) is 28.1. The summed E-state index contributed by atoms with van der Waals surface area (Å²) in [7, 11) is 1.76. The first kappa shape index (κ1) is 15.4. The minimum Gasteiger partial charge on any atom is -0.496 e. The molecule has 1 aromatic rings. The number of methoxy groups -OCH3 is 1. The summed E-state index contributed by atoms with van der Waals surface area (Å²) in [6.07, 6.45) is 5.18. The van der Waals surface area contributed by atoms with Crippen molar-refractivity contribution in [2.24, 2.45) is 11.8 Å². The fourth-order valence-electron chi connectivity index (χ4n) is 3.62. The van der Waals surface area contributed by atoms with Gasteiger partial charge in [0.05, 0.1) is 7.11 Å². The van der Waals surface area contributed by atoms with Crippen LogP contribution in [-0.4, -0.2) is 13.2 Å². The summed E-state index contributed by atoms with van der Waals surface area (Å²) < 4.78 is 5.53. The van der Waals surface area contributed by atoms with Crippen molar-refractivity contribution in [1.82, 2.24) is 5.32 Å². The van der Waals surface area contributed by atoms with Gasteiger partial charge in [0, 0.05) is 17.6 Å². The maximum atomic E-state index is 5.53. The van der Waals surface area contributed by atoms with Crippen molar-refractivity contribution >= 4 is 0 Å². The van der Waals surface area contributed by atoms with Crippen LogP contribution in [0.15, 0.2) is 24.3 Å². The number of rotatable bonds is 5. The van der Waals surface area contributed by atoms with E-state index >= 15 is 0 Å². The maximum absolute atomic E-state index is 5.53. The Balaban J connectivity index is 2.15. The average Bonchev–Trinajstić information content (AvgIpc) is 2.47. The number of nitrogens with one attached hydrogen (secondary N) is 1. The molecule has 0 heterocycles. The Hall–Kier alpha value is -1.02. The van der Waals surface area contributed by atoms with E-state index in [0.717, 1.165) is 24.0 Å². The number of ether oxygens (including phenoxy) is 1. The van der Waals surface area contributed by atoms with Crippen LogP contribution in [0.3, 0.4) is 0 Å². The number of hydrogen-bond donors (Lipinski definition) is 1. The van der Waals surface area contributed by atoms with Gasteiger partial charge in [-0.05, 0) is 37.2 Å². The minimum atomic E-state index is 0.388. The third-order valence-electron chi connectivity index (χ3n) is 4.86. The summed E-state index contributed by atoms with van der Waals surface area (Å²) in [6.45, 7) is 7.03. The zero-order chi connectivity index (χ0) is 14.5. The third-order valence-corrected chi connectivity index (χ3v) is 4.86. The molecule has 1 aliphatic carbocycles. The van der Waals surface area contributed by atoms with Gasteiger partial charge >= 0.3 is 0 Å². The summed E-state index contributed by atoms with van der Waals surface area (Å²) in [5.74, 6) is 2.54. The topological polar surface area (TPSA) is 21.3 Å². The van der Waals surface area contributed by atoms with Crippen molar-refractivity contribution in [2.75, 3.05) is 7.11 Å². The molecule has 0 aliphatic heterocycles. The number of para-hydroxylation sites is 1. The molecule has 112 valence electrons. The van der Waals surface area contributed by atoms with Crippen LogP contribution in [0.2, 0.25) is 0 Å². The molecule has 0 spiro atoms. The molecular weight excluding hydrogens is 246 g/mol. The monoisotopic (exact) mass is 275 g/mol. The van der Waals surface area contributed by atoms with E-state index in [-0.39, 0.29) is 0 Å². The molecule has 2 heteroatoms. The quantitative estimate of drug-likeness (QED) is 0.850. The van der Waals surface area contributed by atoms with Crippen LogP contribution in [0.5, 0.6) is 5.75 Å². The molecular formula is C18H29NO. The molecule has 1 fully saturated rings. The van der Waals surface area contributed by atoms with Gasteiger partial charge < -0.3 is 10.1 Å². The fourth-order valence-corrected chi connectivity index (χ4v) is 3.62. The summed E-state index contributed by atoms with van der Waals surface area (Å²) in [6, 6.07) is 9.42. The third kappa shape index (κ3) is 3.35. The van der Waals surface area contributed by atoms with E-state index in [2.05, 4.69) is 44.3 Å². The first-order chi connectivity index (χ1) is 9.67. The standard InChI is InChI=1S/C18H29NO/c1-5-16(15-11-6-7-12-17(15)20-4)19-18-13(2)9-8-10-14(18)3/h6-7,11-14,16,18-19H,5,8-10H2,1-4H3. The van der Waals surface area contributed by atoms with Gasteiger partial charge in [0.15, 0.2) is 0 Å². The van der Waals surface area contributed by atoms with Crippen molar-refractivity contribution in [3.8, 4) is 5.75 Å². The molecule has 1 aromatic carbocycles. The van der Waals surface area contributed by atoms with Crippen LogP contribution in [0.25, 0.3) is 0 Å². The summed E-state index contributed by atoms with van der Waals surface area (Å²) >= 11 is 0. The zero-order valence-corrected chi connectivity index (χ0v) is 13.4. The van der Waals surface area contributed by atoms with Gasteiger partial charge in [0.25, 0.3) is 0 Å². The summed E-state index contributed by atoms with van der Waals surface area (Å²) in [5.41, 5.74) is 1.29. The van der Waals surface area contributed by atoms with E-state index in [9.17, 15) is 0 Å². The average molecular weight is 275 g/mol. The molecule has 1 N–H and O–H groups in total. The van der Waals surface area contributed by atoms with Crippen molar-refractivity contribution in [3.63, 3.8) is 0 Å². The predicted molar refractivity (Wildman–Crippen MR) is 85.1 cm³/mol. The van der Waals surface area contributed by atoms with Crippen molar-refractivity contribution in [3.05, 3.63) is 29.8 Å². The van der Waals surface area contributed by atoms with Gasteiger partial charge in [0.2, 0.25) is 0 Å². The number of benzene rings is 1. The van der Waals surface area contributed by atoms with Gasteiger partial charge in [-0.3, -0.25) is 0 Å². The Kier molecular flexibility index (Phi) is 5.47. The van der Waals surface area contributed by atoms with E-state index in [4.69, 9.17) is 4.74 Å². The predicted octanol–water partition coefficient (Wildman–Crippen LogP) is 4.56. The fraction of sp³-hybridized carbons (Fsp3) is 0.667. The molecule has 2 rings (SSSR count). The van der Waals surface area contributed by atoms with Gasteiger partial charge in [-0.2, -0.15) is 0 Å². The lowest BCUT2D eigenvalue weighted by Crippen LogP contribution is -2.44. The van der Waals surface area contributed by atoms with Crippen LogP contribution in [-0.2, 0) is 0 Å². The van der Waals surface area contributed by atoms with Crippen molar-refractivity contribution in [2.45, 2.75) is 58.5 Å². The second-order valence-corrected chi connectivity index (χ2v) is 6.28. The molecule has 2 nitrogen and oxygen atoms in total. The lowest BCUT2D eigenvalue weighted by atomic mass is 9.78. The second kappa shape index (κ2) is 7.12. The summed E-state index contributed by atoms with van der Waals surface area (Å²) in [5, 5.41) is 3.92. The Bertz CT molecular complexity index is 408. The molecule has 0 aromatic heterocycles. The highest BCUT2D eigenvalue weighted by Gasteiger charge is 2.29. The first-order valence-corrected chi connectivity index (χ1v) is 8.06. The lowest BCUT2D eigenvalue weighted by molar-refractivity contribution is 0.190. The Morgan fingerprint density at radius 2 is 1.85 bits per heavy atom. The minimum absolute atomic E-state index is 0.388. The van der Waals surface area contributed by atoms with E-state index in [1.807, 2.05) is 6.07 Å². The van der Waals surface area contributed by atoms with E-state index in [0.29, 0.717) is 12.1 Å². The molecule has 0 radical (unpaired) electrons. The smallest absolute Gasteiger partial charge is 0.123 e. The molecule has 3 atom stereocenters. The highest BCUT2D eigenvalue weighted by molar-refractivity contribution is 5.35. The van der Waals surface area contributed by atoms with E-state index in [1.54, 1.807) is 7.11 Å². The molecule has 0 saturated heterocycles. The van der Waals surface area contributed by atoms with Gasteiger partial charge in [-0.15, -0.1) is 0 Å². The maximum Gasteiger partial charge on any atom is 0.123 e. The van der Waals surface area contributed by atoms with Crippen molar-refractivity contribution in [1.29, 1.82) is 0 Å². The van der Waals surface area contributed by atoms with Crippen LogP contribution < -0.4 is 10.1 Å². The first-order valence-electron chi connectivity index (χ1n) is 8.06. The lowest BCUT2D eigenvalue weighted by Gasteiger charge is -2.38. The Morgan fingerprint density at radius 1 is 1.20 bits per heavy atom. The highest BCUT2D eigenvalue weighted by atomic mass is 16.5. The van der Waals surface area contributed by atoms with Crippen LogP contribution in [0.4, 0.5) is 0 Å². The van der Waals surface area contributed by atoms with Crippen LogP contribution in [0.1, 0.15) is 58.1 Å². The van der Waals surface area contributed by atoms with E-state index < -0.39 is 0 Å². The molecule has 0 bridgehead atoms. The number of hydrogen-bond acceptors (Lipinski definition) is 2. The molecule has 1 saturated carbocycles. The van der Waals surface area contributed by atoms with Crippen LogP contribution >= 0.6 is 0 Å².